The first-order chi connectivity index (χ1) is 8.33. The lowest BCUT2D eigenvalue weighted by atomic mass is 9.50. The standard InChI is InChI=1S/C16H18O/c17-16-13-7-10-6-12(9-13)15(14(16)8-10)11-4-2-1-3-5-11/h1-5,10,12-15H,6-9H2/t10?,12?,13?,14?,15-/m1/s1. The third-order valence-electron chi connectivity index (χ3n) is 5.32. The minimum absolute atomic E-state index is 0.355. The number of carbonyl (C=O) groups excluding carboxylic acids is 1. The van der Waals surface area contributed by atoms with Gasteiger partial charge >= 0.3 is 0 Å². The molecule has 4 saturated carbocycles. The number of Topliss-reactive ketones (excluding diaryl/α,β-unsaturated/α-hetero) is 1. The lowest BCUT2D eigenvalue weighted by Gasteiger charge is -2.53. The Morgan fingerprint density at radius 2 is 1.76 bits per heavy atom. The minimum atomic E-state index is 0.355. The number of hydrogen-bond acceptors (Lipinski definition) is 1. The fourth-order valence-corrected chi connectivity index (χ4v) is 4.81. The van der Waals surface area contributed by atoms with Crippen LogP contribution in [0.4, 0.5) is 0 Å². The lowest BCUT2D eigenvalue weighted by Crippen LogP contribution is -2.50. The molecule has 88 valence electrons. The van der Waals surface area contributed by atoms with Gasteiger partial charge in [0.2, 0.25) is 0 Å². The van der Waals surface area contributed by atoms with E-state index in [9.17, 15) is 4.79 Å². The Morgan fingerprint density at radius 1 is 0.941 bits per heavy atom. The van der Waals surface area contributed by atoms with Gasteiger partial charge in [-0.3, -0.25) is 4.79 Å². The SMILES string of the molecule is O=C1C2CC3CC(C2)[C@@H](c2ccccc2)C1C3. The molecule has 5 atom stereocenters. The van der Waals surface area contributed by atoms with Gasteiger partial charge in [0, 0.05) is 11.8 Å². The Kier molecular flexibility index (Phi) is 2.00. The normalized spacial score (nSPS) is 43.1. The Labute approximate surface area is 102 Å². The van der Waals surface area contributed by atoms with Crippen molar-refractivity contribution in [3.05, 3.63) is 35.9 Å². The van der Waals surface area contributed by atoms with Crippen LogP contribution in [0.25, 0.3) is 0 Å². The molecule has 4 fully saturated rings. The first kappa shape index (κ1) is 9.87. The van der Waals surface area contributed by atoms with Crippen LogP contribution in [0, 0.1) is 23.7 Å². The quantitative estimate of drug-likeness (QED) is 0.717. The highest BCUT2D eigenvalue weighted by Gasteiger charge is 2.53. The van der Waals surface area contributed by atoms with Gasteiger partial charge in [0.05, 0.1) is 0 Å². The summed E-state index contributed by atoms with van der Waals surface area (Å²) < 4.78 is 0. The molecule has 0 aromatic heterocycles. The summed E-state index contributed by atoms with van der Waals surface area (Å²) in [6.07, 6.45) is 4.92. The van der Waals surface area contributed by atoms with E-state index in [1.165, 1.54) is 31.2 Å². The zero-order valence-corrected chi connectivity index (χ0v) is 10.0. The van der Waals surface area contributed by atoms with Crippen LogP contribution in [0.2, 0.25) is 0 Å². The van der Waals surface area contributed by atoms with Crippen LogP contribution in [0.15, 0.2) is 30.3 Å². The molecule has 4 bridgehead atoms. The molecule has 4 aliphatic rings. The van der Waals surface area contributed by atoms with Crippen LogP contribution in [-0.4, -0.2) is 5.78 Å². The first-order valence-electron chi connectivity index (χ1n) is 6.91. The van der Waals surface area contributed by atoms with Crippen LogP contribution >= 0.6 is 0 Å². The van der Waals surface area contributed by atoms with Crippen molar-refractivity contribution in [2.45, 2.75) is 31.6 Å². The van der Waals surface area contributed by atoms with Crippen molar-refractivity contribution in [3.8, 4) is 0 Å². The fourth-order valence-electron chi connectivity index (χ4n) is 4.81. The van der Waals surface area contributed by atoms with E-state index in [0.717, 1.165) is 11.8 Å². The zero-order valence-electron chi connectivity index (χ0n) is 10.0. The average molecular weight is 226 g/mol. The third kappa shape index (κ3) is 1.34. The first-order valence-corrected chi connectivity index (χ1v) is 6.91. The van der Waals surface area contributed by atoms with Crippen molar-refractivity contribution < 1.29 is 4.79 Å². The van der Waals surface area contributed by atoms with Gasteiger partial charge in [0.15, 0.2) is 0 Å². The number of ketones is 1. The topological polar surface area (TPSA) is 17.1 Å². The second kappa shape index (κ2) is 3.44. The van der Waals surface area contributed by atoms with Gasteiger partial charge in [-0.1, -0.05) is 30.3 Å². The summed E-state index contributed by atoms with van der Waals surface area (Å²) in [5.74, 6) is 3.56. The molecule has 1 aromatic carbocycles. The van der Waals surface area contributed by atoms with Crippen molar-refractivity contribution in [2.24, 2.45) is 23.7 Å². The largest absolute Gasteiger partial charge is 0.299 e. The summed E-state index contributed by atoms with van der Waals surface area (Å²) in [7, 11) is 0. The second-order valence-electron chi connectivity index (χ2n) is 6.21. The maximum Gasteiger partial charge on any atom is 0.139 e. The molecule has 0 spiro atoms. The molecule has 0 radical (unpaired) electrons. The molecule has 5 rings (SSSR count). The highest BCUT2D eigenvalue weighted by atomic mass is 16.1. The number of rotatable bonds is 1. The van der Waals surface area contributed by atoms with E-state index in [1.807, 2.05) is 0 Å². The van der Waals surface area contributed by atoms with Crippen LogP contribution in [0.5, 0.6) is 0 Å². The van der Waals surface area contributed by atoms with E-state index in [4.69, 9.17) is 0 Å². The maximum atomic E-state index is 12.4. The maximum absolute atomic E-state index is 12.4. The monoisotopic (exact) mass is 226 g/mol. The molecule has 1 aromatic rings. The summed E-state index contributed by atoms with van der Waals surface area (Å²) in [5, 5.41) is 0. The molecule has 0 aliphatic heterocycles. The van der Waals surface area contributed by atoms with E-state index in [0.29, 0.717) is 23.5 Å². The Balaban J connectivity index is 1.75. The van der Waals surface area contributed by atoms with E-state index in [-0.39, 0.29) is 0 Å². The van der Waals surface area contributed by atoms with Gasteiger partial charge in [-0.15, -0.1) is 0 Å². The van der Waals surface area contributed by atoms with Crippen LogP contribution in [0.3, 0.4) is 0 Å². The molecular weight excluding hydrogens is 208 g/mol. The lowest BCUT2D eigenvalue weighted by molar-refractivity contribution is -0.142. The smallest absolute Gasteiger partial charge is 0.139 e. The zero-order chi connectivity index (χ0) is 11.4. The molecule has 4 aliphatic carbocycles. The van der Waals surface area contributed by atoms with Gasteiger partial charge in [-0.05, 0) is 49.0 Å². The van der Waals surface area contributed by atoms with Crippen molar-refractivity contribution in [1.82, 2.24) is 0 Å². The van der Waals surface area contributed by atoms with Crippen LogP contribution in [0.1, 0.15) is 37.2 Å². The third-order valence-corrected chi connectivity index (χ3v) is 5.32. The molecule has 0 saturated heterocycles. The van der Waals surface area contributed by atoms with E-state index in [2.05, 4.69) is 30.3 Å². The van der Waals surface area contributed by atoms with Crippen molar-refractivity contribution in [1.29, 1.82) is 0 Å². The molecule has 1 heteroatoms. The van der Waals surface area contributed by atoms with E-state index < -0.39 is 0 Å². The molecule has 0 N–H and O–H groups in total. The highest BCUT2D eigenvalue weighted by Crippen LogP contribution is 2.58. The second-order valence-corrected chi connectivity index (χ2v) is 6.21. The summed E-state index contributed by atoms with van der Waals surface area (Å²) >= 11 is 0. The summed E-state index contributed by atoms with van der Waals surface area (Å²) in [6, 6.07) is 10.7. The minimum Gasteiger partial charge on any atom is -0.299 e. The van der Waals surface area contributed by atoms with Gasteiger partial charge < -0.3 is 0 Å². The fraction of sp³-hybridized carbons (Fsp3) is 0.562. The van der Waals surface area contributed by atoms with Gasteiger partial charge in [0.25, 0.3) is 0 Å². The Hall–Kier alpha value is -1.11. The number of benzene rings is 1. The van der Waals surface area contributed by atoms with Crippen LogP contribution < -0.4 is 0 Å². The van der Waals surface area contributed by atoms with Crippen molar-refractivity contribution >= 4 is 5.78 Å². The Morgan fingerprint density at radius 3 is 2.59 bits per heavy atom. The van der Waals surface area contributed by atoms with Crippen molar-refractivity contribution in [2.75, 3.05) is 0 Å². The van der Waals surface area contributed by atoms with E-state index in [1.54, 1.807) is 0 Å². The highest BCUT2D eigenvalue weighted by molar-refractivity contribution is 5.86. The summed E-state index contributed by atoms with van der Waals surface area (Å²) in [5.41, 5.74) is 1.41. The van der Waals surface area contributed by atoms with Gasteiger partial charge in [-0.25, -0.2) is 0 Å². The predicted molar refractivity (Wildman–Crippen MR) is 66.6 cm³/mol. The van der Waals surface area contributed by atoms with Crippen LogP contribution in [-0.2, 0) is 4.79 Å². The summed E-state index contributed by atoms with van der Waals surface area (Å²) in [4.78, 5) is 12.4. The number of carbonyl (C=O) groups is 1. The van der Waals surface area contributed by atoms with Gasteiger partial charge in [-0.2, -0.15) is 0 Å². The van der Waals surface area contributed by atoms with Crippen molar-refractivity contribution in [3.63, 3.8) is 0 Å². The molecule has 4 unspecified atom stereocenters. The van der Waals surface area contributed by atoms with Gasteiger partial charge in [0.1, 0.15) is 5.78 Å². The average Bonchev–Trinajstić information content (AvgIpc) is 2.36. The molecule has 0 heterocycles. The summed E-state index contributed by atoms with van der Waals surface area (Å²) in [6.45, 7) is 0. The van der Waals surface area contributed by atoms with E-state index >= 15 is 0 Å². The molecule has 1 nitrogen and oxygen atoms in total. The number of hydrogen-bond donors (Lipinski definition) is 0. The Bertz CT molecular complexity index is 450. The predicted octanol–water partition coefficient (Wildman–Crippen LogP) is 3.41. The molecular formula is C16H18O. The molecule has 17 heavy (non-hydrogen) atoms. The molecule has 0 amide bonds.